The zero-order chi connectivity index (χ0) is 12.2. The Morgan fingerprint density at radius 3 is 2.38 bits per heavy atom. The second-order valence-corrected chi connectivity index (χ2v) is 5.19. The van der Waals surface area contributed by atoms with Crippen molar-refractivity contribution in [3.63, 3.8) is 0 Å². The first-order valence-corrected chi connectivity index (χ1v) is 6.04. The first kappa shape index (κ1) is 12.4. The molecule has 4 nitrogen and oxygen atoms in total. The molecule has 5 heteroatoms. The Balaban J connectivity index is 2.87. The van der Waals surface area contributed by atoms with Crippen LogP contribution >= 0.6 is 0 Å². The zero-order valence-electron chi connectivity index (χ0n) is 8.84. The number of hydrogen-bond donors (Lipinski definition) is 0. The summed E-state index contributed by atoms with van der Waals surface area (Å²) < 4.78 is 28.3. The van der Waals surface area contributed by atoms with E-state index in [1.54, 1.807) is 18.2 Å². The van der Waals surface area contributed by atoms with Crippen molar-refractivity contribution in [3.05, 3.63) is 41.8 Å². The van der Waals surface area contributed by atoms with E-state index >= 15 is 0 Å². The highest BCUT2D eigenvalue weighted by molar-refractivity contribution is 7.95. The number of rotatable bonds is 4. The molecule has 0 amide bonds. The van der Waals surface area contributed by atoms with Crippen molar-refractivity contribution in [1.29, 1.82) is 0 Å². The van der Waals surface area contributed by atoms with Crippen LogP contribution in [-0.4, -0.2) is 21.0 Å². The monoisotopic (exact) mass is 240 g/mol. The average molecular weight is 240 g/mol. The van der Waals surface area contributed by atoms with Gasteiger partial charge in [-0.05, 0) is 12.1 Å². The van der Waals surface area contributed by atoms with E-state index in [0.29, 0.717) is 0 Å². The molecule has 0 saturated carbocycles. The van der Waals surface area contributed by atoms with Gasteiger partial charge >= 0.3 is 5.97 Å². The number of carbonyl (C=O) groups is 1. The maximum absolute atomic E-state index is 11.9. The lowest BCUT2D eigenvalue weighted by Gasteiger charge is -2.07. The van der Waals surface area contributed by atoms with E-state index in [0.717, 1.165) is 0 Å². The van der Waals surface area contributed by atoms with Gasteiger partial charge in [-0.2, -0.15) is 0 Å². The normalized spacial score (nSPS) is 10.8. The number of benzene rings is 1. The minimum atomic E-state index is -3.61. The number of esters is 1. The summed E-state index contributed by atoms with van der Waals surface area (Å²) in [5.74, 6) is -0.538. The third-order valence-corrected chi connectivity index (χ3v) is 3.64. The molecule has 1 aromatic carbocycles. The van der Waals surface area contributed by atoms with E-state index in [9.17, 15) is 13.2 Å². The molecule has 0 spiro atoms. The van der Waals surface area contributed by atoms with Gasteiger partial charge in [0.15, 0.2) is 0 Å². The molecular formula is C11H12O4S. The van der Waals surface area contributed by atoms with E-state index in [1.165, 1.54) is 19.1 Å². The molecule has 0 aromatic heterocycles. The molecule has 0 radical (unpaired) electrons. The van der Waals surface area contributed by atoms with Crippen LogP contribution in [0.1, 0.15) is 6.92 Å². The van der Waals surface area contributed by atoms with Crippen molar-refractivity contribution in [2.45, 2.75) is 11.8 Å². The Kier molecular flexibility index (Phi) is 3.84. The van der Waals surface area contributed by atoms with E-state index < -0.39 is 15.8 Å². The zero-order valence-corrected chi connectivity index (χ0v) is 9.66. The fourth-order valence-corrected chi connectivity index (χ4v) is 2.09. The minimum Gasteiger partial charge on any atom is -0.460 e. The fourth-order valence-electron chi connectivity index (χ4n) is 1.03. The van der Waals surface area contributed by atoms with Gasteiger partial charge in [-0.15, -0.1) is 0 Å². The highest BCUT2D eigenvalue weighted by Gasteiger charge is 2.19. The molecule has 1 aromatic rings. The lowest BCUT2D eigenvalue weighted by molar-refractivity contribution is -0.139. The van der Waals surface area contributed by atoms with Crippen LogP contribution in [0.3, 0.4) is 0 Å². The molecule has 0 bridgehead atoms. The SMILES string of the molecule is C=C(COC(C)=O)S(=O)(=O)c1ccccc1. The lowest BCUT2D eigenvalue weighted by Crippen LogP contribution is -2.11. The molecule has 0 unspecified atom stereocenters. The van der Waals surface area contributed by atoms with Crippen molar-refractivity contribution >= 4 is 15.8 Å². The molecule has 1 rings (SSSR count). The highest BCUT2D eigenvalue weighted by atomic mass is 32.2. The third-order valence-electron chi connectivity index (χ3n) is 1.87. The standard InChI is InChI=1S/C11H12O4S/c1-9(8-15-10(2)12)16(13,14)11-6-4-3-5-7-11/h3-7H,1,8H2,2H3. The number of hydrogen-bond acceptors (Lipinski definition) is 4. The predicted molar refractivity (Wildman–Crippen MR) is 59.4 cm³/mol. The average Bonchev–Trinajstić information content (AvgIpc) is 2.27. The van der Waals surface area contributed by atoms with E-state index in [4.69, 9.17) is 0 Å². The molecule has 0 aliphatic rings. The Morgan fingerprint density at radius 2 is 1.88 bits per heavy atom. The summed E-state index contributed by atoms with van der Waals surface area (Å²) in [6, 6.07) is 7.88. The van der Waals surface area contributed by atoms with Crippen LogP contribution in [0.15, 0.2) is 46.7 Å². The summed E-state index contributed by atoms with van der Waals surface area (Å²) >= 11 is 0. The predicted octanol–water partition coefficient (Wildman–Crippen LogP) is 1.54. The largest absolute Gasteiger partial charge is 0.460 e. The molecular weight excluding hydrogens is 228 g/mol. The van der Waals surface area contributed by atoms with Gasteiger partial charge in [0.25, 0.3) is 0 Å². The molecule has 0 heterocycles. The summed E-state index contributed by atoms with van der Waals surface area (Å²) in [6.07, 6.45) is 0. The van der Waals surface area contributed by atoms with Gasteiger partial charge in [0.1, 0.15) is 6.61 Å². The van der Waals surface area contributed by atoms with Crippen LogP contribution in [0.25, 0.3) is 0 Å². The number of ether oxygens (including phenoxy) is 1. The van der Waals surface area contributed by atoms with E-state index in [1.807, 2.05) is 0 Å². The summed E-state index contributed by atoms with van der Waals surface area (Å²) in [5.41, 5.74) is 0. The maximum Gasteiger partial charge on any atom is 0.302 e. The van der Waals surface area contributed by atoms with Crippen LogP contribution < -0.4 is 0 Å². The van der Waals surface area contributed by atoms with Gasteiger partial charge in [0, 0.05) is 6.92 Å². The van der Waals surface area contributed by atoms with Gasteiger partial charge in [-0.1, -0.05) is 24.8 Å². The summed E-state index contributed by atoms with van der Waals surface area (Å²) in [6.45, 7) is 4.31. The van der Waals surface area contributed by atoms with Crippen molar-refractivity contribution in [2.75, 3.05) is 6.61 Å². The second kappa shape index (κ2) is 4.94. The fraction of sp³-hybridized carbons (Fsp3) is 0.182. The smallest absolute Gasteiger partial charge is 0.302 e. The molecule has 16 heavy (non-hydrogen) atoms. The molecule has 0 atom stereocenters. The number of carbonyl (C=O) groups excluding carboxylic acids is 1. The van der Waals surface area contributed by atoms with Crippen LogP contribution in [0.2, 0.25) is 0 Å². The summed E-state index contributed by atoms with van der Waals surface area (Å²) in [4.78, 5) is 10.6. The molecule has 86 valence electrons. The van der Waals surface area contributed by atoms with Crippen molar-refractivity contribution in [1.82, 2.24) is 0 Å². The maximum atomic E-state index is 11.9. The Labute approximate surface area is 94.5 Å². The minimum absolute atomic E-state index is 0.131. The summed E-state index contributed by atoms with van der Waals surface area (Å²) in [7, 11) is -3.61. The van der Waals surface area contributed by atoms with Gasteiger partial charge in [0.2, 0.25) is 9.84 Å². The molecule has 0 saturated heterocycles. The van der Waals surface area contributed by atoms with Crippen molar-refractivity contribution < 1.29 is 17.9 Å². The molecule has 0 aliphatic carbocycles. The van der Waals surface area contributed by atoms with Crippen molar-refractivity contribution in [2.24, 2.45) is 0 Å². The van der Waals surface area contributed by atoms with Crippen molar-refractivity contribution in [3.8, 4) is 0 Å². The number of sulfone groups is 1. The van der Waals surface area contributed by atoms with Gasteiger partial charge < -0.3 is 4.74 Å². The topological polar surface area (TPSA) is 60.4 Å². The second-order valence-electron chi connectivity index (χ2n) is 3.14. The Morgan fingerprint density at radius 1 is 1.31 bits per heavy atom. The highest BCUT2D eigenvalue weighted by Crippen LogP contribution is 2.17. The van der Waals surface area contributed by atoms with Gasteiger partial charge in [0.05, 0.1) is 9.80 Å². The van der Waals surface area contributed by atoms with Gasteiger partial charge in [-0.3, -0.25) is 4.79 Å². The van der Waals surface area contributed by atoms with Crippen LogP contribution in [0.4, 0.5) is 0 Å². The van der Waals surface area contributed by atoms with Crippen LogP contribution in [0, 0.1) is 0 Å². The Bertz CT molecular complexity index is 488. The summed E-state index contributed by atoms with van der Waals surface area (Å²) in [5, 5.41) is 0. The lowest BCUT2D eigenvalue weighted by atomic mass is 10.4. The molecule has 0 N–H and O–H groups in total. The van der Waals surface area contributed by atoms with Gasteiger partial charge in [-0.25, -0.2) is 8.42 Å². The van der Waals surface area contributed by atoms with E-state index in [2.05, 4.69) is 11.3 Å². The van der Waals surface area contributed by atoms with Crippen LogP contribution in [-0.2, 0) is 19.4 Å². The Hall–Kier alpha value is -1.62. The quantitative estimate of drug-likeness (QED) is 0.749. The first-order chi connectivity index (χ1) is 7.44. The third kappa shape index (κ3) is 2.93. The molecule has 0 fully saturated rings. The first-order valence-electron chi connectivity index (χ1n) is 4.56. The van der Waals surface area contributed by atoms with Crippen LogP contribution in [0.5, 0.6) is 0 Å². The molecule has 0 aliphatic heterocycles. The van der Waals surface area contributed by atoms with E-state index in [-0.39, 0.29) is 16.4 Å².